The van der Waals surface area contributed by atoms with Gasteiger partial charge < -0.3 is 0 Å². The summed E-state index contributed by atoms with van der Waals surface area (Å²) in [5, 5.41) is 2.70. The Hall–Kier alpha value is -3.50. The number of benzene rings is 3. The van der Waals surface area contributed by atoms with Gasteiger partial charge in [0.25, 0.3) is 0 Å². The average Bonchev–Trinajstić information content (AvgIpc) is 3.39. The fourth-order valence-corrected chi connectivity index (χ4v) is 7.23. The van der Waals surface area contributed by atoms with E-state index in [0.29, 0.717) is 5.92 Å². The summed E-state index contributed by atoms with van der Waals surface area (Å²) in [7, 11) is 2.17. The Morgan fingerprint density at radius 1 is 0.917 bits per heavy atom. The topological polar surface area (TPSA) is 21.2 Å². The summed E-state index contributed by atoms with van der Waals surface area (Å²) in [6.07, 6.45) is 4.19. The lowest BCUT2D eigenvalue weighted by Crippen LogP contribution is -2.30. The maximum absolute atomic E-state index is 4.91. The molecule has 3 aromatic heterocycles. The van der Waals surface area contributed by atoms with Crippen molar-refractivity contribution in [2.24, 2.45) is 7.05 Å². The van der Waals surface area contributed by atoms with Crippen molar-refractivity contribution in [3.8, 4) is 22.5 Å². The number of aryl methyl sites for hydroxylation is 5. The number of hydrogen-bond donors (Lipinski definition) is 0. The first-order valence-corrected chi connectivity index (χ1v) is 13.5. The molecule has 0 unspecified atom stereocenters. The van der Waals surface area contributed by atoms with Gasteiger partial charge in [-0.25, -0.2) is 4.98 Å². The van der Waals surface area contributed by atoms with Gasteiger partial charge in [0.15, 0.2) is 6.20 Å². The molecule has 0 fully saturated rings. The maximum Gasteiger partial charge on any atom is 0.232 e. The average molecular weight is 491 g/mol. The number of imidazole rings is 1. The molecule has 0 saturated carbocycles. The maximum atomic E-state index is 4.91. The first-order valence-electron chi connectivity index (χ1n) is 12.6. The highest BCUT2D eigenvalue weighted by atomic mass is 32.1. The fraction of sp³-hybridized carbons (Fsp3) is 0.250. The van der Waals surface area contributed by atoms with Crippen LogP contribution < -0.4 is 4.57 Å². The molecule has 3 heterocycles. The molecule has 6 rings (SSSR count). The van der Waals surface area contributed by atoms with E-state index in [1.165, 1.54) is 70.5 Å². The number of fused-ring (bicyclic) bond motifs is 4. The molecule has 0 radical (unpaired) electrons. The van der Waals surface area contributed by atoms with E-state index >= 15 is 0 Å². The van der Waals surface area contributed by atoms with Crippen LogP contribution in [0.4, 0.5) is 0 Å². The Morgan fingerprint density at radius 2 is 1.61 bits per heavy atom. The van der Waals surface area contributed by atoms with Gasteiger partial charge in [-0.2, -0.15) is 4.57 Å². The van der Waals surface area contributed by atoms with Crippen molar-refractivity contribution < 1.29 is 4.57 Å². The number of aromatic nitrogens is 3. The summed E-state index contributed by atoms with van der Waals surface area (Å²) in [6, 6.07) is 18.0. The van der Waals surface area contributed by atoms with Crippen LogP contribution >= 0.6 is 11.3 Å². The van der Waals surface area contributed by atoms with Gasteiger partial charge in [0.05, 0.1) is 11.1 Å². The molecule has 0 aliphatic heterocycles. The third kappa shape index (κ3) is 3.31. The second-order valence-electron chi connectivity index (χ2n) is 10.5. The lowest BCUT2D eigenvalue weighted by Gasteiger charge is -2.16. The van der Waals surface area contributed by atoms with Gasteiger partial charge in [-0.15, -0.1) is 11.3 Å². The zero-order chi connectivity index (χ0) is 25.3. The van der Waals surface area contributed by atoms with E-state index in [1.807, 2.05) is 17.7 Å². The highest BCUT2D eigenvalue weighted by Gasteiger charge is 2.25. The summed E-state index contributed by atoms with van der Waals surface area (Å²) in [5.41, 5.74) is 12.7. The summed E-state index contributed by atoms with van der Waals surface area (Å²) in [5.74, 6) is 0.445. The summed E-state index contributed by atoms with van der Waals surface area (Å²) in [6.45, 7) is 13.4. The minimum atomic E-state index is 0.445. The normalized spacial score (nSPS) is 12.0. The molecule has 36 heavy (non-hydrogen) atoms. The van der Waals surface area contributed by atoms with Crippen LogP contribution in [0, 0.1) is 27.7 Å². The van der Waals surface area contributed by atoms with Crippen molar-refractivity contribution in [3.63, 3.8) is 0 Å². The van der Waals surface area contributed by atoms with Gasteiger partial charge in [-0.05, 0) is 72.7 Å². The van der Waals surface area contributed by atoms with Crippen molar-refractivity contribution in [3.05, 3.63) is 88.9 Å². The predicted octanol–water partition coefficient (Wildman–Crippen LogP) is 8.22. The van der Waals surface area contributed by atoms with Crippen molar-refractivity contribution in [2.45, 2.75) is 47.5 Å². The van der Waals surface area contributed by atoms with Crippen LogP contribution in [0.25, 0.3) is 48.3 Å². The lowest BCUT2D eigenvalue weighted by molar-refractivity contribution is -0.659. The summed E-state index contributed by atoms with van der Waals surface area (Å²) >= 11 is 1.86. The molecule has 0 aliphatic rings. The molecule has 4 heteroatoms. The second-order valence-corrected chi connectivity index (χ2v) is 11.5. The molecule has 0 aliphatic carbocycles. The van der Waals surface area contributed by atoms with E-state index in [-0.39, 0.29) is 0 Å². The van der Waals surface area contributed by atoms with E-state index in [2.05, 4.69) is 112 Å². The van der Waals surface area contributed by atoms with Crippen molar-refractivity contribution in [1.82, 2.24) is 9.38 Å². The summed E-state index contributed by atoms with van der Waals surface area (Å²) in [4.78, 5) is 6.12. The van der Waals surface area contributed by atoms with Crippen LogP contribution in [0.3, 0.4) is 0 Å². The quantitative estimate of drug-likeness (QED) is 0.229. The third-order valence-electron chi connectivity index (χ3n) is 7.58. The lowest BCUT2D eigenvalue weighted by atomic mass is 9.89. The molecular formula is C32H32N3S+. The SMILES string of the molecule is Cc1cc(C)c(-c2ncn3c2sc2c(-c4cc(C(C)C)c5ccccc5c4C)[n+](C)ccc23)c(C)c1. The number of rotatable bonds is 3. The van der Waals surface area contributed by atoms with Crippen molar-refractivity contribution >= 4 is 37.2 Å². The second kappa shape index (κ2) is 8.28. The van der Waals surface area contributed by atoms with Gasteiger partial charge >= 0.3 is 0 Å². The van der Waals surface area contributed by atoms with Crippen molar-refractivity contribution in [1.29, 1.82) is 0 Å². The Bertz CT molecular complexity index is 1790. The molecule has 3 nitrogen and oxygen atoms in total. The number of thiazole rings is 1. The van der Waals surface area contributed by atoms with Crippen LogP contribution in [-0.2, 0) is 7.05 Å². The zero-order valence-corrected chi connectivity index (χ0v) is 22.9. The van der Waals surface area contributed by atoms with E-state index in [1.54, 1.807) is 0 Å². The number of nitrogens with zero attached hydrogens (tertiary/aromatic N) is 3. The van der Waals surface area contributed by atoms with Gasteiger partial charge in [-0.1, -0.05) is 55.8 Å². The highest BCUT2D eigenvalue weighted by Crippen LogP contribution is 2.42. The minimum Gasteiger partial charge on any atom is -0.288 e. The molecule has 0 saturated heterocycles. The Labute approximate surface area is 216 Å². The minimum absolute atomic E-state index is 0.445. The zero-order valence-electron chi connectivity index (χ0n) is 22.1. The molecule has 0 atom stereocenters. The highest BCUT2D eigenvalue weighted by molar-refractivity contribution is 7.24. The van der Waals surface area contributed by atoms with Crippen LogP contribution in [0.15, 0.2) is 61.1 Å². The number of pyridine rings is 1. The molecule has 3 aromatic carbocycles. The van der Waals surface area contributed by atoms with Gasteiger partial charge in [-0.3, -0.25) is 4.40 Å². The van der Waals surface area contributed by atoms with Gasteiger partial charge in [0.1, 0.15) is 28.6 Å². The Kier molecular flexibility index (Phi) is 5.27. The molecule has 180 valence electrons. The molecule has 0 N–H and O–H groups in total. The third-order valence-corrected chi connectivity index (χ3v) is 8.77. The molecule has 0 spiro atoms. The predicted molar refractivity (Wildman–Crippen MR) is 153 cm³/mol. The molecular weight excluding hydrogens is 458 g/mol. The van der Waals surface area contributed by atoms with E-state index in [4.69, 9.17) is 4.98 Å². The smallest absolute Gasteiger partial charge is 0.232 e. The first kappa shape index (κ1) is 22.9. The largest absolute Gasteiger partial charge is 0.288 e. The monoisotopic (exact) mass is 490 g/mol. The Balaban J connectivity index is 1.69. The van der Waals surface area contributed by atoms with Crippen molar-refractivity contribution in [2.75, 3.05) is 0 Å². The number of hydrogen-bond acceptors (Lipinski definition) is 2. The van der Waals surface area contributed by atoms with Crippen LogP contribution in [-0.4, -0.2) is 9.38 Å². The standard InChI is InChI=1S/C32H32N3S/c1-18(2)25-16-26(22(6)23-10-8-9-11-24(23)25)30-31-27(12-13-34(30)7)35-17-33-29(32(35)36-31)28-20(4)14-19(3)15-21(28)5/h8-18H,1-7H3/q+1. The van der Waals surface area contributed by atoms with Crippen LogP contribution in [0.1, 0.15) is 47.6 Å². The van der Waals surface area contributed by atoms with Gasteiger partial charge in [0.2, 0.25) is 5.69 Å². The Morgan fingerprint density at radius 3 is 2.31 bits per heavy atom. The molecule has 0 bridgehead atoms. The van der Waals surface area contributed by atoms with Gasteiger partial charge in [0, 0.05) is 11.6 Å². The fourth-order valence-electron chi connectivity index (χ4n) is 5.92. The molecule has 0 amide bonds. The van der Waals surface area contributed by atoms with E-state index < -0.39 is 0 Å². The van der Waals surface area contributed by atoms with Crippen LogP contribution in [0.2, 0.25) is 0 Å². The van der Waals surface area contributed by atoms with E-state index in [9.17, 15) is 0 Å². The van der Waals surface area contributed by atoms with E-state index in [0.717, 1.165) is 5.69 Å². The van der Waals surface area contributed by atoms with Crippen LogP contribution in [0.5, 0.6) is 0 Å². The first-order chi connectivity index (χ1) is 17.3. The summed E-state index contributed by atoms with van der Waals surface area (Å²) < 4.78 is 5.86. The molecule has 6 aromatic rings.